The average Bonchev–Trinajstić information content (AvgIpc) is 2.70. The van der Waals surface area contributed by atoms with Gasteiger partial charge in [0.05, 0.1) is 31.7 Å². The van der Waals surface area contributed by atoms with Gasteiger partial charge in [0, 0.05) is 5.92 Å². The first-order chi connectivity index (χ1) is 14.2. The molecule has 2 aliphatic carbocycles. The lowest BCUT2D eigenvalue weighted by molar-refractivity contribution is -0.163. The van der Waals surface area contributed by atoms with Crippen molar-refractivity contribution in [2.45, 2.75) is 90.4 Å². The van der Waals surface area contributed by atoms with Crippen LogP contribution in [0.3, 0.4) is 0 Å². The van der Waals surface area contributed by atoms with Gasteiger partial charge in [-0.25, -0.2) is 0 Å². The second-order valence-corrected chi connectivity index (χ2v) is 9.43. The van der Waals surface area contributed by atoms with Crippen molar-refractivity contribution in [3.63, 3.8) is 0 Å². The summed E-state index contributed by atoms with van der Waals surface area (Å²) in [5.74, 6) is 0.886. The molecule has 0 aromatic heterocycles. The Hall–Kier alpha value is -1.40. The number of fused-ring (bicyclic) bond motifs is 1. The summed E-state index contributed by atoms with van der Waals surface area (Å²) in [6.45, 7) is 6.14. The summed E-state index contributed by atoms with van der Waals surface area (Å²) in [6, 6.07) is 0. The fourth-order valence-electron chi connectivity index (χ4n) is 5.06. The quantitative estimate of drug-likeness (QED) is 0.411. The summed E-state index contributed by atoms with van der Waals surface area (Å²) in [5, 5.41) is 20.3. The predicted molar refractivity (Wildman–Crippen MR) is 114 cm³/mol. The summed E-state index contributed by atoms with van der Waals surface area (Å²) in [5.41, 5.74) is 0. The van der Waals surface area contributed by atoms with Crippen molar-refractivity contribution in [2.24, 2.45) is 29.6 Å². The monoisotopic (exact) mass is 424 g/mol. The lowest BCUT2D eigenvalue weighted by atomic mass is 9.63. The number of ether oxygens (including phenoxy) is 2. The molecule has 0 spiro atoms. The maximum absolute atomic E-state index is 12.5. The van der Waals surface area contributed by atoms with Crippen LogP contribution >= 0.6 is 0 Å². The predicted octanol–water partition coefficient (Wildman–Crippen LogP) is 3.64. The van der Waals surface area contributed by atoms with E-state index in [4.69, 9.17) is 4.74 Å². The minimum atomic E-state index is -0.897. The van der Waals surface area contributed by atoms with Gasteiger partial charge in [-0.3, -0.25) is 9.59 Å². The Labute approximate surface area is 181 Å². The number of allylic oxidation sites excluding steroid dienone is 2. The molecule has 0 aromatic carbocycles. The summed E-state index contributed by atoms with van der Waals surface area (Å²) < 4.78 is 10.6. The highest BCUT2D eigenvalue weighted by Crippen LogP contribution is 2.46. The number of methoxy groups -OCH3 is 1. The molecular formula is C24H40O6. The van der Waals surface area contributed by atoms with Gasteiger partial charge in [-0.15, -0.1) is 0 Å². The fourth-order valence-corrected chi connectivity index (χ4v) is 5.06. The first-order valence-corrected chi connectivity index (χ1v) is 11.5. The number of aliphatic hydroxyl groups excluding tert-OH is 2. The highest BCUT2D eigenvalue weighted by molar-refractivity contribution is 5.72. The van der Waals surface area contributed by atoms with Gasteiger partial charge in [-0.1, -0.05) is 32.9 Å². The third-order valence-electron chi connectivity index (χ3n) is 6.93. The van der Waals surface area contributed by atoms with Crippen LogP contribution in [0.5, 0.6) is 0 Å². The van der Waals surface area contributed by atoms with E-state index in [1.807, 2.05) is 13.8 Å². The third-order valence-corrected chi connectivity index (χ3v) is 6.93. The zero-order valence-electron chi connectivity index (χ0n) is 19.0. The number of rotatable bonds is 10. The Morgan fingerprint density at radius 2 is 1.93 bits per heavy atom. The molecule has 6 heteroatoms. The van der Waals surface area contributed by atoms with Gasteiger partial charge in [0.25, 0.3) is 0 Å². The van der Waals surface area contributed by atoms with Gasteiger partial charge in [-0.2, -0.15) is 0 Å². The largest absolute Gasteiger partial charge is 0.469 e. The Kier molecular flexibility index (Phi) is 9.82. The van der Waals surface area contributed by atoms with E-state index >= 15 is 0 Å². The topological polar surface area (TPSA) is 93.1 Å². The van der Waals surface area contributed by atoms with E-state index < -0.39 is 18.2 Å². The molecule has 8 atom stereocenters. The highest BCUT2D eigenvalue weighted by Gasteiger charge is 2.43. The van der Waals surface area contributed by atoms with E-state index in [2.05, 4.69) is 23.8 Å². The van der Waals surface area contributed by atoms with Crippen molar-refractivity contribution in [1.29, 1.82) is 0 Å². The number of carbonyl (C=O) groups excluding carboxylic acids is 2. The first-order valence-electron chi connectivity index (χ1n) is 11.5. The minimum absolute atomic E-state index is 0.0720. The molecule has 0 aliphatic heterocycles. The molecule has 0 unspecified atom stereocenters. The first kappa shape index (κ1) is 24.9. The van der Waals surface area contributed by atoms with Gasteiger partial charge in [0.1, 0.15) is 6.10 Å². The molecule has 0 heterocycles. The van der Waals surface area contributed by atoms with Crippen LogP contribution in [0.25, 0.3) is 0 Å². The lowest BCUT2D eigenvalue weighted by Gasteiger charge is -2.45. The molecule has 1 fully saturated rings. The van der Waals surface area contributed by atoms with Gasteiger partial charge in [0.15, 0.2) is 0 Å². The van der Waals surface area contributed by atoms with Gasteiger partial charge >= 0.3 is 11.9 Å². The zero-order chi connectivity index (χ0) is 22.3. The normalized spacial score (nSPS) is 31.3. The Balaban J connectivity index is 1.97. The van der Waals surface area contributed by atoms with Crippen LogP contribution in [0.1, 0.15) is 72.1 Å². The smallest absolute Gasteiger partial charge is 0.308 e. The molecule has 6 nitrogen and oxygen atoms in total. The molecule has 0 saturated heterocycles. The van der Waals surface area contributed by atoms with Crippen LogP contribution in [0.15, 0.2) is 12.2 Å². The molecule has 30 heavy (non-hydrogen) atoms. The van der Waals surface area contributed by atoms with Crippen molar-refractivity contribution in [3.05, 3.63) is 12.2 Å². The van der Waals surface area contributed by atoms with E-state index in [-0.39, 0.29) is 36.8 Å². The van der Waals surface area contributed by atoms with E-state index in [9.17, 15) is 19.8 Å². The molecular weight excluding hydrogens is 384 g/mol. The summed E-state index contributed by atoms with van der Waals surface area (Å²) in [7, 11) is 1.29. The highest BCUT2D eigenvalue weighted by atomic mass is 16.5. The van der Waals surface area contributed by atoms with Crippen LogP contribution in [-0.2, 0) is 19.1 Å². The van der Waals surface area contributed by atoms with Gasteiger partial charge in [0.2, 0.25) is 0 Å². The summed E-state index contributed by atoms with van der Waals surface area (Å²) in [6.07, 6.45) is 8.01. The number of aliphatic hydroxyl groups is 2. The molecule has 172 valence electrons. The Morgan fingerprint density at radius 1 is 1.20 bits per heavy atom. The van der Waals surface area contributed by atoms with E-state index in [0.717, 1.165) is 32.1 Å². The van der Waals surface area contributed by atoms with Crippen LogP contribution in [0.2, 0.25) is 0 Å². The van der Waals surface area contributed by atoms with E-state index in [1.54, 1.807) is 0 Å². The Bertz CT molecular complexity index is 588. The standard InChI is InChI=1S/C24H40O6/c1-5-16(3)24(28)30-21-12-15(2)11-18-8-6-7-17(23(18)21)9-10-19(25)13-20(26)14-22(27)29-4/h6,8,15-21,23,25-26H,5,7,9-14H2,1-4H3/t15-,16-,17+,18-,19+,20+,21-,23+/m0/s1. The van der Waals surface area contributed by atoms with E-state index in [1.165, 1.54) is 7.11 Å². The number of carbonyl (C=O) groups is 2. The fraction of sp³-hybridized carbons (Fsp3) is 0.833. The van der Waals surface area contributed by atoms with Crippen molar-refractivity contribution in [2.75, 3.05) is 7.11 Å². The number of hydrogen-bond acceptors (Lipinski definition) is 6. The SMILES string of the molecule is CC[C@H](C)C(=O)O[C@H]1C[C@@H](C)C[C@@H]2C=CC[C@H](CC[C@@H](O)C[C@@H](O)CC(=O)OC)[C@@H]12. The lowest BCUT2D eigenvalue weighted by Crippen LogP contribution is -2.44. The minimum Gasteiger partial charge on any atom is -0.469 e. The molecule has 0 aromatic rings. The van der Waals surface area contributed by atoms with Crippen molar-refractivity contribution in [1.82, 2.24) is 0 Å². The molecule has 2 aliphatic rings. The molecule has 2 N–H and O–H groups in total. The zero-order valence-corrected chi connectivity index (χ0v) is 19.0. The number of hydrogen-bond donors (Lipinski definition) is 2. The van der Waals surface area contributed by atoms with Crippen LogP contribution < -0.4 is 0 Å². The van der Waals surface area contributed by atoms with E-state index in [0.29, 0.717) is 24.2 Å². The molecule has 0 amide bonds. The van der Waals surface area contributed by atoms with Crippen LogP contribution in [-0.4, -0.2) is 47.6 Å². The van der Waals surface area contributed by atoms with Gasteiger partial charge in [-0.05, 0) is 62.7 Å². The number of esters is 2. The second-order valence-electron chi connectivity index (χ2n) is 9.43. The van der Waals surface area contributed by atoms with Crippen LogP contribution in [0, 0.1) is 29.6 Å². The molecule has 0 radical (unpaired) electrons. The third kappa shape index (κ3) is 7.09. The van der Waals surface area contributed by atoms with Gasteiger partial charge < -0.3 is 19.7 Å². The molecule has 2 rings (SSSR count). The Morgan fingerprint density at radius 3 is 2.60 bits per heavy atom. The maximum Gasteiger partial charge on any atom is 0.308 e. The molecule has 0 bridgehead atoms. The summed E-state index contributed by atoms with van der Waals surface area (Å²) >= 11 is 0. The van der Waals surface area contributed by atoms with Crippen LogP contribution in [0.4, 0.5) is 0 Å². The molecule has 1 saturated carbocycles. The van der Waals surface area contributed by atoms with Crippen molar-refractivity contribution >= 4 is 11.9 Å². The van der Waals surface area contributed by atoms with Crippen molar-refractivity contribution < 1.29 is 29.3 Å². The summed E-state index contributed by atoms with van der Waals surface area (Å²) in [4.78, 5) is 23.8. The average molecular weight is 425 g/mol. The maximum atomic E-state index is 12.5. The second kappa shape index (κ2) is 11.8. The van der Waals surface area contributed by atoms with Crippen molar-refractivity contribution in [3.8, 4) is 0 Å².